The van der Waals surface area contributed by atoms with Crippen molar-refractivity contribution in [2.75, 3.05) is 32.5 Å². The normalized spacial score (nSPS) is 16.2. The summed E-state index contributed by atoms with van der Waals surface area (Å²) in [6.07, 6.45) is 3.03. The van der Waals surface area contributed by atoms with Gasteiger partial charge in [0.2, 0.25) is 5.95 Å². The fraction of sp³-hybridized carbons (Fsp3) is 0.304. The molecule has 1 aromatic carbocycles. The van der Waals surface area contributed by atoms with Crippen molar-refractivity contribution in [1.82, 2.24) is 19.9 Å². The van der Waals surface area contributed by atoms with Gasteiger partial charge in [0.15, 0.2) is 0 Å². The van der Waals surface area contributed by atoms with Gasteiger partial charge in [0, 0.05) is 30.2 Å². The van der Waals surface area contributed by atoms with Crippen LogP contribution >= 0.6 is 0 Å². The van der Waals surface area contributed by atoms with Gasteiger partial charge in [-0.2, -0.15) is 0 Å². The number of carbonyl (C=O) groups excluding carboxylic acids is 1. The molecule has 0 radical (unpaired) electrons. The standard InChI is InChI=1S/C23H25N5O3/c1-14-5-4-6-18(21(14)30-3)22(29)28-7-8-31-20(13-28)19-10-16(9-15(2)27-19)17-11-25-23(24)26-12-17/h4-6,9-12,20H,7-8,13H2,1-3H3,(H2,24,25,26). The molecule has 1 saturated heterocycles. The second-order valence-electron chi connectivity index (χ2n) is 7.52. The van der Waals surface area contributed by atoms with Gasteiger partial charge in [0.05, 0.1) is 31.5 Å². The predicted molar refractivity (Wildman–Crippen MR) is 117 cm³/mol. The van der Waals surface area contributed by atoms with Crippen LogP contribution in [0.15, 0.2) is 42.7 Å². The maximum Gasteiger partial charge on any atom is 0.257 e. The first-order chi connectivity index (χ1) is 15.0. The zero-order valence-electron chi connectivity index (χ0n) is 17.8. The van der Waals surface area contributed by atoms with Crippen LogP contribution in [-0.2, 0) is 4.74 Å². The number of methoxy groups -OCH3 is 1. The van der Waals surface area contributed by atoms with Crippen LogP contribution < -0.4 is 10.5 Å². The summed E-state index contributed by atoms with van der Waals surface area (Å²) in [7, 11) is 1.58. The van der Waals surface area contributed by atoms with Crippen molar-refractivity contribution >= 4 is 11.9 Å². The molecule has 0 saturated carbocycles. The number of nitrogens with two attached hydrogens (primary N) is 1. The largest absolute Gasteiger partial charge is 0.496 e. The van der Waals surface area contributed by atoms with Crippen LogP contribution in [0.25, 0.3) is 11.1 Å². The van der Waals surface area contributed by atoms with E-state index in [9.17, 15) is 4.79 Å². The number of benzene rings is 1. The van der Waals surface area contributed by atoms with E-state index >= 15 is 0 Å². The molecule has 1 aliphatic heterocycles. The Balaban J connectivity index is 1.60. The Morgan fingerprint density at radius 2 is 1.97 bits per heavy atom. The monoisotopic (exact) mass is 419 g/mol. The van der Waals surface area contributed by atoms with Crippen molar-refractivity contribution in [3.05, 3.63) is 65.2 Å². The Labute approximate surface area is 181 Å². The van der Waals surface area contributed by atoms with Crippen molar-refractivity contribution in [3.8, 4) is 16.9 Å². The molecule has 0 spiro atoms. The van der Waals surface area contributed by atoms with Crippen molar-refractivity contribution in [2.45, 2.75) is 20.0 Å². The number of rotatable bonds is 4. The number of pyridine rings is 1. The molecular formula is C23H25N5O3. The summed E-state index contributed by atoms with van der Waals surface area (Å²) in [5, 5.41) is 0. The molecule has 8 heteroatoms. The minimum absolute atomic E-state index is 0.0753. The van der Waals surface area contributed by atoms with Crippen LogP contribution in [-0.4, -0.2) is 52.6 Å². The lowest BCUT2D eigenvalue weighted by Crippen LogP contribution is -2.42. The third-order valence-electron chi connectivity index (χ3n) is 5.31. The molecule has 8 nitrogen and oxygen atoms in total. The number of anilines is 1. The number of nitrogens with zero attached hydrogens (tertiary/aromatic N) is 4. The number of para-hydroxylation sites is 1. The number of morpholine rings is 1. The van der Waals surface area contributed by atoms with E-state index < -0.39 is 0 Å². The molecule has 1 aliphatic rings. The average Bonchev–Trinajstić information content (AvgIpc) is 2.78. The van der Waals surface area contributed by atoms with Crippen LogP contribution in [0.2, 0.25) is 0 Å². The Bertz CT molecular complexity index is 1100. The predicted octanol–water partition coefficient (Wildman–Crippen LogP) is 2.96. The van der Waals surface area contributed by atoms with Gasteiger partial charge in [-0.3, -0.25) is 9.78 Å². The van der Waals surface area contributed by atoms with Crippen LogP contribution in [0.1, 0.15) is 33.4 Å². The molecule has 4 rings (SSSR count). The zero-order valence-corrected chi connectivity index (χ0v) is 17.8. The minimum atomic E-state index is -0.332. The molecule has 1 atom stereocenters. The van der Waals surface area contributed by atoms with E-state index in [1.165, 1.54) is 0 Å². The van der Waals surface area contributed by atoms with Crippen molar-refractivity contribution in [2.24, 2.45) is 0 Å². The summed E-state index contributed by atoms with van der Waals surface area (Å²) < 4.78 is 11.5. The Hall–Kier alpha value is -3.52. The minimum Gasteiger partial charge on any atom is -0.496 e. The van der Waals surface area contributed by atoms with Gasteiger partial charge in [-0.15, -0.1) is 0 Å². The van der Waals surface area contributed by atoms with E-state index in [0.717, 1.165) is 28.1 Å². The van der Waals surface area contributed by atoms with E-state index in [1.54, 1.807) is 30.5 Å². The maximum absolute atomic E-state index is 13.2. The van der Waals surface area contributed by atoms with E-state index in [2.05, 4.69) is 15.0 Å². The number of aromatic nitrogens is 3. The van der Waals surface area contributed by atoms with Gasteiger partial charge in [0.25, 0.3) is 5.91 Å². The number of hydrogen-bond acceptors (Lipinski definition) is 7. The summed E-state index contributed by atoms with van der Waals surface area (Å²) >= 11 is 0. The highest BCUT2D eigenvalue weighted by Crippen LogP contribution is 2.29. The molecule has 3 aromatic rings. The Morgan fingerprint density at radius 3 is 2.71 bits per heavy atom. The molecule has 160 valence electrons. The highest BCUT2D eigenvalue weighted by molar-refractivity contribution is 5.97. The van der Waals surface area contributed by atoms with E-state index in [1.807, 2.05) is 38.1 Å². The van der Waals surface area contributed by atoms with Crippen molar-refractivity contribution < 1.29 is 14.3 Å². The molecule has 0 bridgehead atoms. The number of hydrogen-bond donors (Lipinski definition) is 1. The topological polar surface area (TPSA) is 103 Å². The quantitative estimate of drug-likeness (QED) is 0.693. The fourth-order valence-corrected chi connectivity index (χ4v) is 3.79. The lowest BCUT2D eigenvalue weighted by molar-refractivity contribution is -0.0248. The molecule has 1 fully saturated rings. The number of aryl methyl sites for hydroxylation is 2. The lowest BCUT2D eigenvalue weighted by atomic mass is 10.0. The van der Waals surface area contributed by atoms with Gasteiger partial charge >= 0.3 is 0 Å². The summed E-state index contributed by atoms with van der Waals surface area (Å²) in [6, 6.07) is 9.50. The number of carbonyl (C=O) groups is 1. The lowest BCUT2D eigenvalue weighted by Gasteiger charge is -2.33. The SMILES string of the molecule is COc1c(C)cccc1C(=O)N1CCOC(c2cc(-c3cnc(N)nc3)cc(C)n2)C1. The number of ether oxygens (including phenoxy) is 2. The summed E-state index contributed by atoms with van der Waals surface area (Å²) in [4.78, 5) is 27.8. The summed E-state index contributed by atoms with van der Waals surface area (Å²) in [5.41, 5.74) is 10.5. The second-order valence-corrected chi connectivity index (χ2v) is 7.52. The third-order valence-corrected chi connectivity index (χ3v) is 5.31. The highest BCUT2D eigenvalue weighted by atomic mass is 16.5. The molecule has 0 aliphatic carbocycles. The Morgan fingerprint density at radius 1 is 1.19 bits per heavy atom. The van der Waals surface area contributed by atoms with Gasteiger partial charge in [-0.25, -0.2) is 9.97 Å². The first kappa shape index (κ1) is 20.7. The summed E-state index contributed by atoms with van der Waals surface area (Å²) in [6.45, 7) is 5.20. The first-order valence-corrected chi connectivity index (χ1v) is 10.1. The van der Waals surface area contributed by atoms with E-state index in [4.69, 9.17) is 15.2 Å². The van der Waals surface area contributed by atoms with Crippen molar-refractivity contribution in [1.29, 1.82) is 0 Å². The van der Waals surface area contributed by atoms with Gasteiger partial charge in [-0.05, 0) is 43.2 Å². The molecule has 1 unspecified atom stereocenters. The van der Waals surface area contributed by atoms with E-state index in [-0.39, 0.29) is 18.0 Å². The smallest absolute Gasteiger partial charge is 0.257 e. The number of amides is 1. The molecule has 31 heavy (non-hydrogen) atoms. The fourth-order valence-electron chi connectivity index (χ4n) is 3.79. The van der Waals surface area contributed by atoms with Crippen LogP contribution in [0, 0.1) is 13.8 Å². The van der Waals surface area contributed by atoms with Gasteiger partial charge in [-0.1, -0.05) is 12.1 Å². The summed E-state index contributed by atoms with van der Waals surface area (Å²) in [5.74, 6) is 0.759. The maximum atomic E-state index is 13.2. The molecule has 2 aromatic heterocycles. The highest BCUT2D eigenvalue weighted by Gasteiger charge is 2.29. The van der Waals surface area contributed by atoms with Gasteiger partial charge in [0.1, 0.15) is 11.9 Å². The molecule has 2 N–H and O–H groups in total. The molecule has 3 heterocycles. The molecule has 1 amide bonds. The zero-order chi connectivity index (χ0) is 22.0. The van der Waals surface area contributed by atoms with Crippen LogP contribution in [0.4, 0.5) is 5.95 Å². The van der Waals surface area contributed by atoms with Gasteiger partial charge < -0.3 is 20.1 Å². The third kappa shape index (κ3) is 4.34. The Kier molecular flexibility index (Phi) is 5.81. The van der Waals surface area contributed by atoms with Crippen molar-refractivity contribution in [3.63, 3.8) is 0 Å². The van der Waals surface area contributed by atoms with Crippen LogP contribution in [0.5, 0.6) is 5.75 Å². The van der Waals surface area contributed by atoms with E-state index in [0.29, 0.717) is 31.0 Å². The number of nitrogen functional groups attached to an aromatic ring is 1. The first-order valence-electron chi connectivity index (χ1n) is 10.1. The van der Waals surface area contributed by atoms with Crippen LogP contribution in [0.3, 0.4) is 0 Å². The second kappa shape index (κ2) is 8.69. The average molecular weight is 419 g/mol. The molecular weight excluding hydrogens is 394 g/mol.